The number of nitrogens with one attached hydrogen (secondary N) is 1. The maximum atomic E-state index is 13.7. The van der Waals surface area contributed by atoms with Gasteiger partial charge in [0.05, 0.1) is 5.84 Å². The highest BCUT2D eigenvalue weighted by atomic mass is 19.1. The molecule has 0 radical (unpaired) electrons. The average Bonchev–Trinajstić information content (AvgIpc) is 2.94. The van der Waals surface area contributed by atoms with Gasteiger partial charge in [-0.15, -0.1) is 0 Å². The zero-order chi connectivity index (χ0) is 27.0. The summed E-state index contributed by atoms with van der Waals surface area (Å²) in [4.78, 5) is 9.05. The molecule has 0 fully saturated rings. The predicted molar refractivity (Wildman–Crippen MR) is 157 cm³/mol. The number of hydrogen-bond acceptors (Lipinski definition) is 2. The van der Waals surface area contributed by atoms with E-state index < -0.39 is 0 Å². The molecule has 0 aliphatic carbocycles. The molecule has 0 saturated carbocycles. The van der Waals surface area contributed by atoms with Crippen LogP contribution < -0.4 is 5.32 Å². The summed E-state index contributed by atoms with van der Waals surface area (Å²) in [5, 5.41) is 3.51. The van der Waals surface area contributed by atoms with Gasteiger partial charge >= 0.3 is 0 Å². The van der Waals surface area contributed by atoms with Gasteiger partial charge in [-0.25, -0.2) is 4.39 Å². The predicted octanol–water partition coefficient (Wildman–Crippen LogP) is 8.20. The topological polar surface area (TPSA) is 37.3 Å². The fraction of sp³-hybridized carbons (Fsp3) is 0.235. The maximum Gasteiger partial charge on any atom is 0.123 e. The fourth-order valence-electron chi connectivity index (χ4n) is 4.88. The van der Waals surface area contributed by atoms with Crippen LogP contribution in [0.4, 0.5) is 4.39 Å². The molecule has 1 unspecified atom stereocenters. The number of aromatic nitrogens is 1. The zero-order valence-electron chi connectivity index (χ0n) is 22.7. The van der Waals surface area contributed by atoms with E-state index in [-0.39, 0.29) is 17.2 Å². The average molecular weight is 506 g/mol. The zero-order valence-corrected chi connectivity index (χ0v) is 22.7. The summed E-state index contributed by atoms with van der Waals surface area (Å²) >= 11 is 0. The van der Waals surface area contributed by atoms with Crippen LogP contribution in [0.5, 0.6) is 0 Å². The summed E-state index contributed by atoms with van der Waals surface area (Å²) in [7, 11) is 0. The molecule has 1 atom stereocenters. The Morgan fingerprint density at radius 2 is 1.47 bits per heavy atom. The Bertz CT molecular complexity index is 1360. The normalized spacial score (nSPS) is 13.3. The van der Waals surface area contributed by atoms with E-state index in [0.717, 1.165) is 29.1 Å². The van der Waals surface area contributed by atoms with Crippen LogP contribution in [0.3, 0.4) is 0 Å². The minimum absolute atomic E-state index is 0.0842. The minimum Gasteiger partial charge on any atom is -0.348 e. The number of pyridine rings is 1. The lowest BCUT2D eigenvalue weighted by molar-refractivity contribution is 0.330. The number of nitrogens with zero attached hydrogens (tertiary/aromatic N) is 2. The first-order chi connectivity index (χ1) is 18.4. The Hall–Kier alpha value is -4.05. The van der Waals surface area contributed by atoms with Crippen molar-refractivity contribution in [2.24, 2.45) is 10.4 Å². The molecule has 1 N–H and O–H groups in total. The Morgan fingerprint density at radius 3 is 2.11 bits per heavy atom. The van der Waals surface area contributed by atoms with E-state index in [4.69, 9.17) is 4.99 Å². The summed E-state index contributed by atoms with van der Waals surface area (Å²) in [5.74, 6) is 0.744. The SMILES string of the molecule is C/C=C(/Cc1ccc(-c2ccncc2)cc1)NC(C)=NCC(C)(C)C(c1ccccc1)c1ccc(F)cc1. The lowest BCUT2D eigenvalue weighted by Crippen LogP contribution is -2.29. The summed E-state index contributed by atoms with van der Waals surface area (Å²) < 4.78 is 13.7. The Balaban J connectivity index is 1.45. The van der Waals surface area contributed by atoms with E-state index in [2.05, 4.69) is 78.8 Å². The second kappa shape index (κ2) is 12.5. The molecule has 4 rings (SSSR count). The van der Waals surface area contributed by atoms with Gasteiger partial charge < -0.3 is 5.32 Å². The molecule has 0 aliphatic rings. The summed E-state index contributed by atoms with van der Waals surface area (Å²) in [6, 6.07) is 30.0. The van der Waals surface area contributed by atoms with Crippen LogP contribution in [0.1, 0.15) is 50.3 Å². The molecule has 1 heterocycles. The van der Waals surface area contributed by atoms with E-state index in [1.54, 1.807) is 12.1 Å². The second-order valence-corrected chi connectivity index (χ2v) is 10.3. The number of rotatable bonds is 9. The standard InChI is InChI=1S/C34H36FN3/c1-5-32(23-26-11-13-27(14-12-26)28-19-21-36-22-20-28)38-25(2)37-24-34(3,4)33(29-9-7-6-8-10-29)30-15-17-31(35)18-16-30/h5-22,33H,23-24H2,1-4H3,(H,37,38)/b32-5-. The van der Waals surface area contributed by atoms with E-state index >= 15 is 0 Å². The molecular formula is C34H36FN3. The molecule has 194 valence electrons. The number of allylic oxidation sites excluding steroid dienone is 2. The summed E-state index contributed by atoms with van der Waals surface area (Å²) in [5.41, 5.74) is 6.79. The van der Waals surface area contributed by atoms with Gasteiger partial charge in [-0.3, -0.25) is 9.98 Å². The van der Waals surface area contributed by atoms with Crippen molar-refractivity contribution in [3.63, 3.8) is 0 Å². The number of aliphatic imine (C=N–C) groups is 1. The molecule has 3 aromatic carbocycles. The molecular weight excluding hydrogens is 469 g/mol. The van der Waals surface area contributed by atoms with E-state index in [9.17, 15) is 4.39 Å². The first-order valence-corrected chi connectivity index (χ1v) is 13.1. The first-order valence-electron chi connectivity index (χ1n) is 13.1. The lowest BCUT2D eigenvalue weighted by Gasteiger charge is -2.34. The highest BCUT2D eigenvalue weighted by Crippen LogP contribution is 2.41. The Kier molecular flexibility index (Phi) is 8.85. The van der Waals surface area contributed by atoms with Gasteiger partial charge in [-0.2, -0.15) is 0 Å². The first kappa shape index (κ1) is 27.0. The van der Waals surface area contributed by atoms with Crippen molar-refractivity contribution in [1.82, 2.24) is 10.3 Å². The maximum absolute atomic E-state index is 13.7. The third kappa shape index (κ3) is 7.04. The highest BCUT2D eigenvalue weighted by molar-refractivity contribution is 5.81. The van der Waals surface area contributed by atoms with Gasteiger partial charge in [0.25, 0.3) is 0 Å². The Labute approximate surface area is 226 Å². The van der Waals surface area contributed by atoms with Crippen LogP contribution in [0.15, 0.2) is 120 Å². The van der Waals surface area contributed by atoms with Crippen LogP contribution in [0.25, 0.3) is 11.1 Å². The van der Waals surface area contributed by atoms with Gasteiger partial charge in [-0.05, 0) is 71.3 Å². The third-order valence-electron chi connectivity index (χ3n) is 6.89. The van der Waals surface area contributed by atoms with Crippen molar-refractivity contribution in [2.45, 2.75) is 40.0 Å². The molecule has 0 aliphatic heterocycles. The van der Waals surface area contributed by atoms with Crippen molar-refractivity contribution >= 4 is 5.84 Å². The van der Waals surface area contributed by atoms with Crippen molar-refractivity contribution in [2.75, 3.05) is 6.54 Å². The molecule has 3 nitrogen and oxygen atoms in total. The molecule has 4 heteroatoms. The molecule has 0 spiro atoms. The fourth-order valence-corrected chi connectivity index (χ4v) is 4.88. The van der Waals surface area contributed by atoms with Gasteiger partial charge in [0.1, 0.15) is 5.82 Å². The van der Waals surface area contributed by atoms with E-state index in [1.165, 1.54) is 16.7 Å². The van der Waals surface area contributed by atoms with E-state index in [1.807, 2.05) is 56.6 Å². The van der Waals surface area contributed by atoms with Gasteiger partial charge in [0, 0.05) is 37.0 Å². The van der Waals surface area contributed by atoms with Gasteiger partial charge in [-0.1, -0.05) is 86.7 Å². The summed E-state index contributed by atoms with van der Waals surface area (Å²) in [6.45, 7) is 9.14. The van der Waals surface area contributed by atoms with Crippen molar-refractivity contribution in [3.8, 4) is 11.1 Å². The number of hydrogen-bond donors (Lipinski definition) is 1. The minimum atomic E-state index is -0.220. The number of amidine groups is 1. The van der Waals surface area contributed by atoms with Crippen LogP contribution >= 0.6 is 0 Å². The van der Waals surface area contributed by atoms with Gasteiger partial charge in [0.15, 0.2) is 0 Å². The van der Waals surface area contributed by atoms with E-state index in [0.29, 0.717) is 6.54 Å². The number of benzene rings is 3. The molecule has 1 aromatic heterocycles. The lowest BCUT2D eigenvalue weighted by atomic mass is 9.71. The number of halogens is 1. The van der Waals surface area contributed by atoms with Crippen molar-refractivity contribution < 1.29 is 4.39 Å². The smallest absolute Gasteiger partial charge is 0.123 e. The quantitative estimate of drug-likeness (QED) is 0.184. The second-order valence-electron chi connectivity index (χ2n) is 10.3. The molecule has 0 saturated heterocycles. The molecule has 4 aromatic rings. The third-order valence-corrected chi connectivity index (χ3v) is 6.89. The molecule has 0 bridgehead atoms. The van der Waals surface area contributed by atoms with Crippen LogP contribution in [0, 0.1) is 11.2 Å². The molecule has 0 amide bonds. The van der Waals surface area contributed by atoms with Gasteiger partial charge in [0.2, 0.25) is 0 Å². The molecule has 38 heavy (non-hydrogen) atoms. The highest BCUT2D eigenvalue weighted by Gasteiger charge is 2.32. The van der Waals surface area contributed by atoms with Crippen LogP contribution in [0.2, 0.25) is 0 Å². The largest absolute Gasteiger partial charge is 0.348 e. The van der Waals surface area contributed by atoms with Crippen LogP contribution in [-0.4, -0.2) is 17.4 Å². The van der Waals surface area contributed by atoms with Crippen LogP contribution in [-0.2, 0) is 6.42 Å². The van der Waals surface area contributed by atoms with Crippen molar-refractivity contribution in [1.29, 1.82) is 0 Å². The monoisotopic (exact) mass is 505 g/mol. The Morgan fingerprint density at radius 1 is 0.868 bits per heavy atom. The van der Waals surface area contributed by atoms with Crippen molar-refractivity contribution in [3.05, 3.63) is 138 Å². The summed E-state index contributed by atoms with van der Waals surface area (Å²) in [6.07, 6.45) is 6.53.